The monoisotopic (exact) mass is 715 g/mol. The summed E-state index contributed by atoms with van der Waals surface area (Å²) in [5, 5.41) is 0. The Kier molecular flexibility index (Phi) is 7.58. The summed E-state index contributed by atoms with van der Waals surface area (Å²) >= 11 is 0. The van der Waals surface area contributed by atoms with Gasteiger partial charge in [0.1, 0.15) is 18.1 Å². The summed E-state index contributed by atoms with van der Waals surface area (Å²) in [6.45, 7) is 13.8. The molecule has 0 saturated heterocycles. The Morgan fingerprint density at radius 1 is 0.527 bits per heavy atom. The van der Waals surface area contributed by atoms with Gasteiger partial charge in [0.25, 0.3) is 5.82 Å². The van der Waals surface area contributed by atoms with Crippen molar-refractivity contribution in [2.24, 2.45) is 0 Å². The molecule has 3 aliphatic rings. The van der Waals surface area contributed by atoms with Crippen LogP contribution in [0.2, 0.25) is 0 Å². The summed E-state index contributed by atoms with van der Waals surface area (Å²) in [5.41, 5.74) is 17.2. The molecule has 0 radical (unpaired) electrons. The number of aromatic nitrogens is 2. The van der Waals surface area contributed by atoms with E-state index in [1.165, 1.54) is 84.4 Å². The first-order valence-electron chi connectivity index (χ1n) is 19.8. The molecule has 270 valence electrons. The molecule has 55 heavy (non-hydrogen) atoms. The number of para-hydroxylation sites is 3. The lowest BCUT2D eigenvalue weighted by atomic mass is 9.81. The Bertz CT molecular complexity index is 2590. The summed E-state index contributed by atoms with van der Waals surface area (Å²) < 4.78 is 5.15. The second-order valence-corrected chi connectivity index (χ2v) is 16.1. The first kappa shape index (κ1) is 33.4. The van der Waals surface area contributed by atoms with Crippen molar-refractivity contribution in [1.29, 1.82) is 0 Å². The minimum absolute atomic E-state index is 0.162. The molecule has 3 aliphatic heterocycles. The van der Waals surface area contributed by atoms with E-state index >= 15 is 0 Å². The van der Waals surface area contributed by atoms with Gasteiger partial charge in [0.05, 0.1) is 22.6 Å². The summed E-state index contributed by atoms with van der Waals surface area (Å²) in [5.74, 6) is 1.95. The number of nitrogens with zero attached hydrogens (tertiary/aromatic N) is 4. The highest BCUT2D eigenvalue weighted by Gasteiger charge is 2.68. The number of anilines is 2. The molecule has 2 unspecified atom stereocenters. The first-order valence-corrected chi connectivity index (χ1v) is 19.8. The minimum Gasteiger partial charge on any atom is -0.313 e. The van der Waals surface area contributed by atoms with Gasteiger partial charge in [-0.15, -0.1) is 0 Å². The molecule has 2 atom stereocenters. The number of aryl methyl sites for hydroxylation is 2. The van der Waals surface area contributed by atoms with Crippen LogP contribution in [0, 0.1) is 13.8 Å². The van der Waals surface area contributed by atoms with E-state index in [1.54, 1.807) is 0 Å². The van der Waals surface area contributed by atoms with Crippen LogP contribution in [0.15, 0.2) is 158 Å². The molecule has 1 spiro atoms. The highest BCUT2D eigenvalue weighted by molar-refractivity contribution is 6.10. The van der Waals surface area contributed by atoms with E-state index in [4.69, 9.17) is 0 Å². The van der Waals surface area contributed by atoms with Crippen molar-refractivity contribution in [3.63, 3.8) is 0 Å². The van der Waals surface area contributed by atoms with E-state index in [0.29, 0.717) is 11.8 Å². The zero-order valence-electron chi connectivity index (χ0n) is 32.5. The summed E-state index contributed by atoms with van der Waals surface area (Å²) in [7, 11) is 0. The smallest absolute Gasteiger partial charge is 0.295 e. The fraction of sp³-hybridized carbons (Fsp3) is 0.196. The van der Waals surface area contributed by atoms with E-state index in [-0.39, 0.29) is 6.17 Å². The third kappa shape index (κ3) is 4.54. The van der Waals surface area contributed by atoms with Crippen molar-refractivity contribution in [3.05, 3.63) is 202 Å². The fourth-order valence-electron chi connectivity index (χ4n) is 9.99. The van der Waals surface area contributed by atoms with Gasteiger partial charge in [0.2, 0.25) is 5.54 Å². The molecule has 0 N–H and O–H groups in total. The molecule has 0 aliphatic carbocycles. The lowest BCUT2D eigenvalue weighted by Gasteiger charge is -2.39. The number of imidazole rings is 1. The zero-order valence-corrected chi connectivity index (χ0v) is 32.5. The molecule has 4 heteroatoms. The van der Waals surface area contributed by atoms with Crippen LogP contribution < -0.4 is 14.4 Å². The van der Waals surface area contributed by atoms with Crippen LogP contribution in [-0.2, 0) is 5.54 Å². The molecule has 1 aromatic heterocycles. The van der Waals surface area contributed by atoms with Crippen LogP contribution in [-0.4, -0.2) is 10.7 Å². The van der Waals surface area contributed by atoms with Crippen LogP contribution in [0.4, 0.5) is 11.4 Å². The molecule has 0 amide bonds. The number of hydrogen-bond donors (Lipinski definition) is 0. The van der Waals surface area contributed by atoms with Gasteiger partial charge in [0.15, 0.2) is 6.17 Å². The Hall–Kier alpha value is -6.13. The lowest BCUT2D eigenvalue weighted by molar-refractivity contribution is -0.728. The van der Waals surface area contributed by atoms with Gasteiger partial charge in [-0.1, -0.05) is 149 Å². The zero-order chi connectivity index (χ0) is 37.6. The van der Waals surface area contributed by atoms with Gasteiger partial charge >= 0.3 is 0 Å². The van der Waals surface area contributed by atoms with E-state index < -0.39 is 5.54 Å². The quantitative estimate of drug-likeness (QED) is 0.159. The topological polar surface area (TPSA) is 15.3 Å². The van der Waals surface area contributed by atoms with Crippen LogP contribution >= 0.6 is 0 Å². The molecular formula is C51H47N4+. The summed E-state index contributed by atoms with van der Waals surface area (Å²) in [6, 6.07) is 54.2. The number of hydrogen-bond acceptors (Lipinski definition) is 2. The minimum atomic E-state index is -0.604. The maximum Gasteiger partial charge on any atom is 0.295 e. The van der Waals surface area contributed by atoms with E-state index in [2.05, 4.69) is 218 Å². The molecule has 10 rings (SSSR count). The molecule has 6 aromatic carbocycles. The van der Waals surface area contributed by atoms with E-state index in [1.807, 2.05) is 0 Å². The summed E-state index contributed by atoms with van der Waals surface area (Å²) in [6.07, 6.45) is 4.55. The third-order valence-corrected chi connectivity index (χ3v) is 12.3. The van der Waals surface area contributed by atoms with Gasteiger partial charge in [0, 0.05) is 39.1 Å². The standard InChI is InChI=1S/C51H47N4/c1-33(2)38-26-18-27-39(34(3)4)46(38)52-31-32-53-49(52)42-25-14-15-28-43(42)51(53)44-29-16-17-30-45(44)55-48(41-24-13-11-20-36(41)6)47(40-23-12-10-19-35(40)5)54(50(51)55)37-21-8-7-9-22-37/h7-34,50H,1-6H3/q+1. The molecule has 7 aromatic rings. The molecule has 0 fully saturated rings. The number of fused-ring (bicyclic) bond motifs is 10. The number of benzene rings is 6. The van der Waals surface area contributed by atoms with Gasteiger partial charge in [-0.25, -0.2) is 4.57 Å². The first-order chi connectivity index (χ1) is 26.8. The largest absolute Gasteiger partial charge is 0.313 e. The van der Waals surface area contributed by atoms with E-state index in [0.717, 1.165) is 0 Å². The van der Waals surface area contributed by atoms with Crippen LogP contribution in [0.1, 0.15) is 84.0 Å². The van der Waals surface area contributed by atoms with Crippen molar-refractivity contribution in [2.45, 2.75) is 65.1 Å². The van der Waals surface area contributed by atoms with Crippen LogP contribution in [0.25, 0.3) is 28.5 Å². The predicted molar refractivity (Wildman–Crippen MR) is 227 cm³/mol. The third-order valence-electron chi connectivity index (χ3n) is 12.3. The summed E-state index contributed by atoms with van der Waals surface area (Å²) in [4.78, 5) is 5.35. The Morgan fingerprint density at radius 2 is 1.05 bits per heavy atom. The lowest BCUT2D eigenvalue weighted by Crippen LogP contribution is -2.65. The normalized spacial score (nSPS) is 18.1. The molecular weight excluding hydrogens is 669 g/mol. The maximum absolute atomic E-state index is 2.68. The fourth-order valence-corrected chi connectivity index (χ4v) is 9.99. The van der Waals surface area contributed by atoms with Gasteiger partial charge in [-0.05, 0) is 61.1 Å². The Labute approximate surface area is 325 Å². The number of rotatable bonds is 6. The molecule has 0 bridgehead atoms. The second kappa shape index (κ2) is 12.5. The SMILES string of the molecule is Cc1ccccc1C1=C(c2ccccc2C)N2c3ccccc3C3(c4ccccc4-c4n(-c5c(C(C)C)cccc5C(C)C)cc[n+]43)C2N1c1ccccc1. The van der Waals surface area contributed by atoms with Crippen LogP contribution in [0.3, 0.4) is 0 Å². The highest BCUT2D eigenvalue weighted by Crippen LogP contribution is 2.61. The average Bonchev–Trinajstić information content (AvgIpc) is 3.94. The van der Waals surface area contributed by atoms with E-state index in [9.17, 15) is 0 Å². The van der Waals surface area contributed by atoms with Crippen molar-refractivity contribution in [3.8, 4) is 17.1 Å². The van der Waals surface area contributed by atoms with Crippen molar-refractivity contribution in [1.82, 2.24) is 4.57 Å². The molecule has 4 nitrogen and oxygen atoms in total. The van der Waals surface area contributed by atoms with Crippen LogP contribution in [0.5, 0.6) is 0 Å². The van der Waals surface area contributed by atoms with Gasteiger partial charge in [-0.2, -0.15) is 4.57 Å². The van der Waals surface area contributed by atoms with Crippen molar-refractivity contribution >= 4 is 22.8 Å². The molecule has 0 saturated carbocycles. The average molecular weight is 716 g/mol. The maximum atomic E-state index is 2.68. The Morgan fingerprint density at radius 3 is 1.67 bits per heavy atom. The predicted octanol–water partition coefficient (Wildman–Crippen LogP) is 11.6. The van der Waals surface area contributed by atoms with Gasteiger partial charge in [-0.3, -0.25) is 0 Å². The molecule has 4 heterocycles. The Balaban J connectivity index is 1.36. The second-order valence-electron chi connectivity index (χ2n) is 16.1. The van der Waals surface area contributed by atoms with Crippen molar-refractivity contribution < 1.29 is 4.57 Å². The highest BCUT2D eigenvalue weighted by atomic mass is 15.5. The van der Waals surface area contributed by atoms with Gasteiger partial charge < -0.3 is 9.80 Å². The van der Waals surface area contributed by atoms with Crippen molar-refractivity contribution in [2.75, 3.05) is 9.80 Å².